The number of rotatable bonds is 10. The third-order valence-corrected chi connectivity index (χ3v) is 7.59. The highest BCUT2D eigenvalue weighted by atomic mass is 19.1. The zero-order valence-electron chi connectivity index (χ0n) is 21.0. The molecule has 1 saturated heterocycles. The number of unbranched alkanes of at least 4 members (excludes halogenated alkanes) is 1. The number of aromatic hydroxyl groups is 1. The van der Waals surface area contributed by atoms with Gasteiger partial charge in [0.15, 0.2) is 5.78 Å². The Morgan fingerprint density at radius 2 is 1.77 bits per heavy atom. The molecule has 0 radical (unpaired) electrons. The van der Waals surface area contributed by atoms with Crippen molar-refractivity contribution in [2.45, 2.75) is 38.5 Å². The van der Waals surface area contributed by atoms with Crippen molar-refractivity contribution in [2.24, 2.45) is 17.8 Å². The van der Waals surface area contributed by atoms with Crippen LogP contribution in [-0.2, 0) is 4.79 Å². The summed E-state index contributed by atoms with van der Waals surface area (Å²) in [5, 5.41) is 10.0. The van der Waals surface area contributed by atoms with E-state index in [-0.39, 0.29) is 40.9 Å². The lowest BCUT2D eigenvalue weighted by Gasteiger charge is -2.43. The summed E-state index contributed by atoms with van der Waals surface area (Å²) >= 11 is 0. The first-order chi connectivity index (χ1) is 16.8. The Bertz CT molecular complexity index is 1070. The summed E-state index contributed by atoms with van der Waals surface area (Å²) in [6.45, 7) is 4.68. The number of likely N-dealkylation sites (tertiary alicyclic amines) is 1. The molecule has 2 fully saturated rings. The van der Waals surface area contributed by atoms with Gasteiger partial charge in [-0.3, -0.25) is 9.59 Å². The number of phenols is 1. The van der Waals surface area contributed by atoms with Crippen LogP contribution >= 0.6 is 0 Å². The molecular formula is C29H37FN2O3. The van der Waals surface area contributed by atoms with Gasteiger partial charge >= 0.3 is 0 Å². The number of hydrogen-bond acceptors (Lipinski definition) is 5. The highest BCUT2D eigenvalue weighted by molar-refractivity contribution is 6.00. The lowest BCUT2D eigenvalue weighted by atomic mass is 9.68. The zero-order chi connectivity index (χ0) is 25.1. The molecule has 0 bridgehead atoms. The van der Waals surface area contributed by atoms with Gasteiger partial charge < -0.3 is 14.9 Å². The quantitative estimate of drug-likeness (QED) is 0.395. The molecule has 4 rings (SSSR count). The number of carbonyl (C=O) groups excluding carboxylic acids is 2. The molecule has 0 amide bonds. The second-order valence-electron chi connectivity index (χ2n) is 10.6. The van der Waals surface area contributed by atoms with Gasteiger partial charge in [-0.25, -0.2) is 4.39 Å². The van der Waals surface area contributed by atoms with E-state index in [4.69, 9.17) is 0 Å². The first-order valence-corrected chi connectivity index (χ1v) is 12.7. The molecule has 5 nitrogen and oxygen atoms in total. The SMILES string of the molecule is Cc1c(F)cccc1C1C(C(=O)c2cccc(O)c2)CN(CCCCN(C)C)CC1C(=O)C1CC1. The van der Waals surface area contributed by atoms with E-state index < -0.39 is 5.92 Å². The standard InChI is InChI=1S/C29H37FN2O3/c1-19-23(10-7-11-26(19)30)27-24(28(34)20-12-13-20)17-32(15-5-4-14-31(2)3)18-25(27)29(35)21-8-6-9-22(33)16-21/h6-11,16,20,24-25,27,33H,4-5,12-15,17-18H2,1-3H3. The molecule has 188 valence electrons. The normalized spacial score (nSPS) is 22.9. The fraction of sp³-hybridized carbons (Fsp3) is 0.517. The van der Waals surface area contributed by atoms with Gasteiger partial charge in [0.05, 0.1) is 0 Å². The van der Waals surface area contributed by atoms with Crippen molar-refractivity contribution in [3.8, 4) is 5.75 Å². The van der Waals surface area contributed by atoms with Crippen molar-refractivity contribution < 1.29 is 19.1 Å². The Labute approximate surface area is 207 Å². The molecule has 1 N–H and O–H groups in total. The lowest BCUT2D eigenvalue weighted by molar-refractivity contribution is -0.127. The van der Waals surface area contributed by atoms with Crippen LogP contribution < -0.4 is 0 Å². The summed E-state index contributed by atoms with van der Waals surface area (Å²) in [5.74, 6) is -1.32. The average molecular weight is 481 g/mol. The van der Waals surface area contributed by atoms with E-state index in [1.165, 1.54) is 12.1 Å². The molecule has 2 aromatic rings. The molecule has 35 heavy (non-hydrogen) atoms. The molecule has 3 unspecified atom stereocenters. The maximum absolute atomic E-state index is 14.7. The van der Waals surface area contributed by atoms with Crippen molar-refractivity contribution >= 4 is 11.6 Å². The largest absolute Gasteiger partial charge is 0.508 e. The topological polar surface area (TPSA) is 60.9 Å². The molecule has 1 aliphatic heterocycles. The van der Waals surface area contributed by atoms with Crippen LogP contribution in [0.5, 0.6) is 5.75 Å². The minimum absolute atomic E-state index is 0.0382. The summed E-state index contributed by atoms with van der Waals surface area (Å²) in [4.78, 5) is 31.9. The number of halogens is 1. The second-order valence-corrected chi connectivity index (χ2v) is 10.6. The van der Waals surface area contributed by atoms with Crippen LogP contribution in [0.3, 0.4) is 0 Å². The number of hydrogen-bond donors (Lipinski definition) is 1. The van der Waals surface area contributed by atoms with Crippen LogP contribution in [0, 0.1) is 30.5 Å². The van der Waals surface area contributed by atoms with Gasteiger partial charge in [0, 0.05) is 42.3 Å². The maximum atomic E-state index is 14.7. The summed E-state index contributed by atoms with van der Waals surface area (Å²) in [6, 6.07) is 11.4. The highest BCUT2D eigenvalue weighted by Crippen LogP contribution is 2.45. The summed E-state index contributed by atoms with van der Waals surface area (Å²) in [5.41, 5.74) is 1.70. The number of benzene rings is 2. The Hall–Kier alpha value is -2.57. The highest BCUT2D eigenvalue weighted by Gasteiger charge is 2.48. The molecular weight excluding hydrogens is 443 g/mol. The van der Waals surface area contributed by atoms with Crippen LogP contribution in [0.25, 0.3) is 0 Å². The van der Waals surface area contributed by atoms with Crippen LogP contribution in [0.15, 0.2) is 42.5 Å². The van der Waals surface area contributed by atoms with E-state index in [0.717, 1.165) is 44.3 Å². The van der Waals surface area contributed by atoms with Gasteiger partial charge in [-0.15, -0.1) is 0 Å². The van der Waals surface area contributed by atoms with Crippen molar-refractivity contribution in [1.82, 2.24) is 9.80 Å². The van der Waals surface area contributed by atoms with Crippen molar-refractivity contribution in [1.29, 1.82) is 0 Å². The van der Waals surface area contributed by atoms with Gasteiger partial charge in [-0.2, -0.15) is 0 Å². The first kappa shape index (κ1) is 25.5. The van der Waals surface area contributed by atoms with Crippen LogP contribution in [-0.4, -0.2) is 66.7 Å². The van der Waals surface area contributed by atoms with E-state index in [1.54, 1.807) is 31.2 Å². The maximum Gasteiger partial charge on any atom is 0.167 e. The molecule has 1 heterocycles. The molecule has 1 aliphatic carbocycles. The number of Topliss-reactive ketones (excluding diaryl/α,β-unsaturated/α-hetero) is 2. The smallest absolute Gasteiger partial charge is 0.167 e. The number of ketones is 2. The molecule has 0 spiro atoms. The summed E-state index contributed by atoms with van der Waals surface area (Å²) < 4.78 is 14.7. The van der Waals surface area contributed by atoms with E-state index >= 15 is 0 Å². The first-order valence-electron chi connectivity index (χ1n) is 12.7. The fourth-order valence-corrected chi connectivity index (χ4v) is 5.56. The second kappa shape index (κ2) is 11.0. The van der Waals surface area contributed by atoms with Crippen molar-refractivity contribution in [3.63, 3.8) is 0 Å². The summed E-state index contributed by atoms with van der Waals surface area (Å²) in [6.07, 6.45) is 3.83. The molecule has 0 aromatic heterocycles. The molecule has 6 heteroatoms. The van der Waals surface area contributed by atoms with Gasteiger partial charge in [0.25, 0.3) is 0 Å². The number of carbonyl (C=O) groups is 2. The van der Waals surface area contributed by atoms with Crippen LogP contribution in [0.2, 0.25) is 0 Å². The van der Waals surface area contributed by atoms with Crippen molar-refractivity contribution in [3.05, 3.63) is 65.0 Å². The monoisotopic (exact) mass is 480 g/mol. The fourth-order valence-electron chi connectivity index (χ4n) is 5.56. The Morgan fingerprint density at radius 3 is 2.46 bits per heavy atom. The predicted octanol–water partition coefficient (Wildman–Crippen LogP) is 4.68. The third-order valence-electron chi connectivity index (χ3n) is 7.59. The van der Waals surface area contributed by atoms with E-state index in [1.807, 2.05) is 6.07 Å². The minimum Gasteiger partial charge on any atom is -0.508 e. The molecule has 1 saturated carbocycles. The van der Waals surface area contributed by atoms with Crippen LogP contribution in [0.1, 0.15) is 53.1 Å². The number of piperidine rings is 1. The number of phenolic OH excluding ortho intramolecular Hbond substituents is 1. The Morgan fingerprint density at radius 1 is 1.06 bits per heavy atom. The summed E-state index contributed by atoms with van der Waals surface area (Å²) in [7, 11) is 4.11. The number of nitrogens with zero attached hydrogens (tertiary/aromatic N) is 2. The van der Waals surface area contributed by atoms with E-state index in [9.17, 15) is 19.1 Å². The molecule has 3 atom stereocenters. The van der Waals surface area contributed by atoms with Crippen molar-refractivity contribution in [2.75, 3.05) is 40.3 Å². The van der Waals surface area contributed by atoms with E-state index in [0.29, 0.717) is 24.2 Å². The Kier molecular flexibility index (Phi) is 8.02. The van der Waals surface area contributed by atoms with Gasteiger partial charge in [0.2, 0.25) is 0 Å². The molecule has 2 aliphatic rings. The third kappa shape index (κ3) is 5.99. The van der Waals surface area contributed by atoms with E-state index in [2.05, 4.69) is 23.9 Å². The average Bonchev–Trinajstić information content (AvgIpc) is 3.68. The van der Waals surface area contributed by atoms with Gasteiger partial charge in [0.1, 0.15) is 17.3 Å². The molecule has 2 aromatic carbocycles. The van der Waals surface area contributed by atoms with Gasteiger partial charge in [-0.05, 0) is 89.1 Å². The predicted molar refractivity (Wildman–Crippen MR) is 135 cm³/mol. The van der Waals surface area contributed by atoms with Gasteiger partial charge in [-0.1, -0.05) is 24.3 Å². The van der Waals surface area contributed by atoms with Crippen LogP contribution in [0.4, 0.5) is 4.39 Å². The minimum atomic E-state index is -0.493. The lowest BCUT2D eigenvalue weighted by Crippen LogP contribution is -2.51. The Balaban J connectivity index is 1.71. The zero-order valence-corrected chi connectivity index (χ0v) is 21.0.